The first-order valence-corrected chi connectivity index (χ1v) is 18.7. The minimum absolute atomic E-state index is 0.171. The molecule has 0 aromatic rings. The number of aliphatic hydroxyl groups excluding tert-OH is 3. The maximum Gasteiger partial charge on any atom is 0.528 e. The Hall–Kier alpha value is -1.12. The maximum atomic E-state index is 13.0. The van der Waals surface area contributed by atoms with Gasteiger partial charge in [0.1, 0.15) is 6.10 Å². The lowest BCUT2D eigenvalue weighted by Gasteiger charge is -2.61. The summed E-state index contributed by atoms with van der Waals surface area (Å²) in [7, 11) is -4.77. The number of esters is 1. The van der Waals surface area contributed by atoms with Gasteiger partial charge in [0.05, 0.1) is 12.7 Å². The number of rotatable bonds is 11. The largest absolute Gasteiger partial charge is 0.528 e. The first-order valence-electron chi connectivity index (χ1n) is 17.2. The minimum atomic E-state index is -4.77. The van der Waals surface area contributed by atoms with E-state index in [1.807, 2.05) is 0 Å². The maximum absolute atomic E-state index is 13.0. The molecule has 10 heteroatoms. The summed E-state index contributed by atoms with van der Waals surface area (Å²) in [4.78, 5) is 22.7. The van der Waals surface area contributed by atoms with Crippen LogP contribution in [0.5, 0.6) is 0 Å². The van der Waals surface area contributed by atoms with Gasteiger partial charge in [0.2, 0.25) is 0 Å². The van der Waals surface area contributed by atoms with Gasteiger partial charge in [-0.1, -0.05) is 54.4 Å². The van der Waals surface area contributed by atoms with Crippen LogP contribution < -0.4 is 0 Å². The molecule has 252 valence electrons. The lowest BCUT2D eigenvalue weighted by Crippen LogP contribution is -2.54. The van der Waals surface area contributed by atoms with Crippen molar-refractivity contribution in [2.75, 3.05) is 6.61 Å². The highest BCUT2D eigenvalue weighted by Gasteiger charge is 2.61. The SMILES string of the molecule is CC(C)C(C)CC[C@@H](C)[C@H]1CC[C@H]2[C@@H]3CC[C@H]4C[C@@H](OP(=O)(O)OC5=C(O)C(C(O)CO)OC5=O)CC[C@]4(C)[C@H]3CC[C@]12C. The van der Waals surface area contributed by atoms with Crippen molar-refractivity contribution in [2.45, 2.75) is 130 Å². The number of fused-ring (bicyclic) bond motifs is 5. The molecule has 5 rings (SSSR count). The van der Waals surface area contributed by atoms with Crippen molar-refractivity contribution >= 4 is 13.8 Å². The summed E-state index contributed by atoms with van der Waals surface area (Å²) in [6.07, 6.45) is 8.80. The molecule has 1 aliphatic heterocycles. The third kappa shape index (κ3) is 6.26. The average molecular weight is 641 g/mol. The first kappa shape index (κ1) is 34.2. The van der Waals surface area contributed by atoms with E-state index >= 15 is 0 Å². The average Bonchev–Trinajstić information content (AvgIpc) is 3.46. The highest BCUT2D eigenvalue weighted by Crippen LogP contribution is 2.69. The Morgan fingerprint density at radius 1 is 0.977 bits per heavy atom. The highest BCUT2D eigenvalue weighted by atomic mass is 31.2. The Labute approximate surface area is 263 Å². The van der Waals surface area contributed by atoms with Crippen LogP contribution in [0.4, 0.5) is 0 Å². The molecular weight excluding hydrogens is 583 g/mol. The van der Waals surface area contributed by atoms with Gasteiger partial charge in [-0.25, -0.2) is 9.36 Å². The van der Waals surface area contributed by atoms with E-state index in [-0.39, 0.29) is 5.41 Å². The molecule has 0 radical (unpaired) electrons. The Morgan fingerprint density at radius 3 is 2.34 bits per heavy atom. The molecule has 0 aromatic heterocycles. The quantitative estimate of drug-likeness (QED) is 0.140. The summed E-state index contributed by atoms with van der Waals surface area (Å²) in [6.45, 7) is 13.9. The summed E-state index contributed by atoms with van der Waals surface area (Å²) < 4.78 is 28.3. The van der Waals surface area contributed by atoms with Crippen molar-refractivity contribution in [3.8, 4) is 0 Å². The summed E-state index contributed by atoms with van der Waals surface area (Å²) in [5, 5.41) is 29.1. The van der Waals surface area contributed by atoms with Gasteiger partial charge >= 0.3 is 13.8 Å². The zero-order valence-electron chi connectivity index (χ0n) is 27.6. The van der Waals surface area contributed by atoms with E-state index in [4.69, 9.17) is 18.9 Å². The summed E-state index contributed by atoms with van der Waals surface area (Å²) >= 11 is 0. The lowest BCUT2D eigenvalue weighted by atomic mass is 9.44. The number of hydrogen-bond acceptors (Lipinski definition) is 8. The molecular formula is C34H57O9P. The van der Waals surface area contributed by atoms with Crippen LogP contribution in [0, 0.1) is 58.2 Å². The second-order valence-electron chi connectivity index (χ2n) is 16.0. The standard InChI is InChI=1S/C34H57O9P/c1-19(2)20(3)7-8-21(4)25-11-12-26-24-10-9-22-17-23(13-15-33(22,5)27(24)14-16-34(25,26)6)42-44(39,40)43-31-29(37)30(28(36)18-35)41-32(31)38/h19-28,30,35-37H,7-18H2,1-6H3,(H,39,40)/t20?,21-,22+,23+,24+,25-,26+,27+,28?,30?,33+,34-/m1/s1. The summed E-state index contributed by atoms with van der Waals surface area (Å²) in [5.41, 5.74) is 0.602. The molecule has 0 saturated heterocycles. The Kier molecular flexibility index (Phi) is 9.97. The van der Waals surface area contributed by atoms with Crippen molar-refractivity contribution in [1.29, 1.82) is 0 Å². The molecule has 13 atom stereocenters. The van der Waals surface area contributed by atoms with Crippen molar-refractivity contribution in [2.24, 2.45) is 58.2 Å². The predicted octanol–water partition coefficient (Wildman–Crippen LogP) is 6.90. The minimum Gasteiger partial charge on any atom is -0.505 e. The Bertz CT molecular complexity index is 1140. The Balaban J connectivity index is 1.20. The Morgan fingerprint density at radius 2 is 1.66 bits per heavy atom. The summed E-state index contributed by atoms with van der Waals surface area (Å²) in [6, 6.07) is 0. The number of carbonyl (C=O) groups is 1. The smallest absolute Gasteiger partial charge is 0.505 e. The van der Waals surface area contributed by atoms with Crippen molar-refractivity contribution in [3.63, 3.8) is 0 Å². The lowest BCUT2D eigenvalue weighted by molar-refractivity contribution is -0.147. The second-order valence-corrected chi connectivity index (χ2v) is 17.3. The van der Waals surface area contributed by atoms with Crippen LogP contribution in [-0.4, -0.2) is 51.1 Å². The zero-order valence-corrected chi connectivity index (χ0v) is 28.5. The number of cyclic esters (lactones) is 1. The van der Waals surface area contributed by atoms with Crippen LogP contribution >= 0.6 is 7.82 Å². The van der Waals surface area contributed by atoms with Crippen LogP contribution in [0.25, 0.3) is 0 Å². The monoisotopic (exact) mass is 640 g/mol. The summed E-state index contributed by atoms with van der Waals surface area (Å²) in [5.74, 6) is 2.81. The number of phosphoric acid groups is 1. The molecule has 4 unspecified atom stereocenters. The van der Waals surface area contributed by atoms with Crippen LogP contribution in [-0.2, 0) is 23.1 Å². The predicted molar refractivity (Wildman–Crippen MR) is 166 cm³/mol. The van der Waals surface area contributed by atoms with Crippen molar-refractivity contribution < 1.29 is 43.4 Å². The topological polar surface area (TPSA) is 143 Å². The molecule has 5 aliphatic rings. The normalized spacial score (nSPS) is 42.1. The highest BCUT2D eigenvalue weighted by molar-refractivity contribution is 7.47. The first-order chi connectivity index (χ1) is 20.6. The van der Waals surface area contributed by atoms with Crippen LogP contribution in [0.1, 0.15) is 112 Å². The molecule has 9 nitrogen and oxygen atoms in total. The van der Waals surface area contributed by atoms with E-state index in [0.717, 1.165) is 48.3 Å². The number of ether oxygens (including phenoxy) is 1. The molecule has 4 N–H and O–H groups in total. The molecule has 0 aromatic carbocycles. The van der Waals surface area contributed by atoms with Gasteiger partial charge in [-0.15, -0.1) is 0 Å². The molecule has 4 fully saturated rings. The van der Waals surface area contributed by atoms with E-state index in [2.05, 4.69) is 41.5 Å². The molecule has 1 heterocycles. The van der Waals surface area contributed by atoms with Crippen LogP contribution in [0.3, 0.4) is 0 Å². The van der Waals surface area contributed by atoms with Gasteiger partial charge in [-0.2, -0.15) is 0 Å². The third-order valence-electron chi connectivity index (χ3n) is 13.5. The van der Waals surface area contributed by atoms with Crippen LogP contribution in [0.2, 0.25) is 0 Å². The van der Waals surface area contributed by atoms with E-state index in [9.17, 15) is 24.5 Å². The van der Waals surface area contributed by atoms with Gasteiger partial charge in [-0.05, 0) is 116 Å². The molecule has 0 amide bonds. The van der Waals surface area contributed by atoms with Gasteiger partial charge < -0.3 is 24.6 Å². The second kappa shape index (κ2) is 12.8. The van der Waals surface area contributed by atoms with Gasteiger partial charge in [-0.3, -0.25) is 9.42 Å². The van der Waals surface area contributed by atoms with E-state index in [1.54, 1.807) is 0 Å². The van der Waals surface area contributed by atoms with Crippen molar-refractivity contribution in [3.05, 3.63) is 11.5 Å². The van der Waals surface area contributed by atoms with E-state index < -0.39 is 50.2 Å². The van der Waals surface area contributed by atoms with Gasteiger partial charge in [0, 0.05) is 0 Å². The number of aliphatic hydroxyl groups is 3. The molecule has 4 saturated carbocycles. The van der Waals surface area contributed by atoms with Crippen molar-refractivity contribution in [1.82, 2.24) is 0 Å². The number of hydrogen-bond donors (Lipinski definition) is 4. The van der Waals surface area contributed by atoms with Gasteiger partial charge in [0.25, 0.3) is 5.76 Å². The zero-order chi connectivity index (χ0) is 32.2. The number of phosphoric ester groups is 1. The molecule has 0 spiro atoms. The van der Waals surface area contributed by atoms with Gasteiger partial charge in [0.15, 0.2) is 11.9 Å². The fourth-order valence-corrected chi connectivity index (χ4v) is 11.6. The molecule has 4 aliphatic carbocycles. The number of carbonyl (C=O) groups excluding carboxylic acids is 1. The molecule has 0 bridgehead atoms. The third-order valence-corrected chi connectivity index (χ3v) is 14.5. The van der Waals surface area contributed by atoms with E-state index in [1.165, 1.54) is 44.9 Å². The van der Waals surface area contributed by atoms with Crippen LogP contribution in [0.15, 0.2) is 11.5 Å². The molecule has 44 heavy (non-hydrogen) atoms. The fraction of sp³-hybridized carbons (Fsp3) is 0.912. The van der Waals surface area contributed by atoms with E-state index in [0.29, 0.717) is 30.1 Å². The fourth-order valence-electron chi connectivity index (χ4n) is 10.6.